The van der Waals surface area contributed by atoms with Crippen LogP contribution in [0.3, 0.4) is 0 Å². The van der Waals surface area contributed by atoms with Crippen molar-refractivity contribution in [1.82, 2.24) is 9.97 Å². The van der Waals surface area contributed by atoms with E-state index in [1.54, 1.807) is 25.1 Å². The summed E-state index contributed by atoms with van der Waals surface area (Å²) in [6.07, 6.45) is 1.19. The summed E-state index contributed by atoms with van der Waals surface area (Å²) >= 11 is 0. The molecule has 1 N–H and O–H groups in total. The van der Waals surface area contributed by atoms with Crippen LogP contribution in [0, 0.1) is 10.1 Å². The third-order valence-electron chi connectivity index (χ3n) is 2.91. The Morgan fingerprint density at radius 3 is 2.65 bits per heavy atom. The monoisotopic (exact) mass is 320 g/mol. The van der Waals surface area contributed by atoms with Crippen molar-refractivity contribution in [2.45, 2.75) is 6.92 Å². The van der Waals surface area contributed by atoms with E-state index in [9.17, 15) is 10.1 Å². The Morgan fingerprint density at radius 2 is 2.04 bits per heavy atom. The van der Waals surface area contributed by atoms with Crippen molar-refractivity contribution in [3.05, 3.63) is 34.6 Å². The van der Waals surface area contributed by atoms with Crippen molar-refractivity contribution >= 4 is 17.2 Å². The molecule has 0 amide bonds. The minimum Gasteiger partial charge on any atom is -0.497 e. The molecule has 0 aliphatic rings. The first-order valence-corrected chi connectivity index (χ1v) is 6.72. The molecule has 0 saturated carbocycles. The molecular formula is C14H16N4O5. The number of nitrogens with zero attached hydrogens (tertiary/aromatic N) is 3. The van der Waals surface area contributed by atoms with Gasteiger partial charge in [-0.15, -0.1) is 0 Å². The van der Waals surface area contributed by atoms with Crippen LogP contribution >= 0.6 is 0 Å². The van der Waals surface area contributed by atoms with Crippen molar-refractivity contribution < 1.29 is 19.1 Å². The predicted molar refractivity (Wildman–Crippen MR) is 82.7 cm³/mol. The summed E-state index contributed by atoms with van der Waals surface area (Å²) in [5.41, 5.74) is 0.121. The first-order chi connectivity index (χ1) is 11.1. The third kappa shape index (κ3) is 3.57. The minimum absolute atomic E-state index is 0.00000283. The number of nitro groups is 1. The van der Waals surface area contributed by atoms with Gasteiger partial charge in [-0.2, -0.15) is 4.98 Å². The maximum absolute atomic E-state index is 11.3. The van der Waals surface area contributed by atoms with Crippen LogP contribution in [0.1, 0.15) is 6.92 Å². The standard InChI is InChI=1S/C14H16N4O5/c1-4-23-14-12(18(19)20)13(15-8-16-14)17-10-7-9(21-2)5-6-11(10)22-3/h5-8H,4H2,1-3H3,(H,15,16,17). The number of aromatic nitrogens is 2. The van der Waals surface area contributed by atoms with Gasteiger partial charge in [0.1, 0.15) is 17.8 Å². The van der Waals surface area contributed by atoms with E-state index in [4.69, 9.17) is 14.2 Å². The second kappa shape index (κ2) is 7.25. The first kappa shape index (κ1) is 16.3. The zero-order chi connectivity index (χ0) is 16.8. The van der Waals surface area contributed by atoms with Gasteiger partial charge in [0.25, 0.3) is 5.88 Å². The van der Waals surface area contributed by atoms with E-state index in [0.29, 0.717) is 17.2 Å². The fourth-order valence-electron chi connectivity index (χ4n) is 1.90. The normalized spacial score (nSPS) is 10.0. The summed E-state index contributed by atoms with van der Waals surface area (Å²) < 4.78 is 15.6. The van der Waals surface area contributed by atoms with Crippen LogP contribution in [0.5, 0.6) is 17.4 Å². The molecule has 0 bridgehead atoms. The maximum Gasteiger partial charge on any atom is 0.373 e. The average molecular weight is 320 g/mol. The molecule has 0 saturated heterocycles. The summed E-state index contributed by atoms with van der Waals surface area (Å²) in [5.74, 6) is 0.948. The van der Waals surface area contributed by atoms with Crippen LogP contribution in [0.25, 0.3) is 0 Å². The number of benzene rings is 1. The molecule has 9 heteroatoms. The Bertz CT molecular complexity index is 708. The Hall–Kier alpha value is -3.10. The van der Waals surface area contributed by atoms with Crippen LogP contribution in [-0.2, 0) is 0 Å². The van der Waals surface area contributed by atoms with E-state index in [2.05, 4.69) is 15.3 Å². The molecule has 0 aliphatic carbocycles. The van der Waals surface area contributed by atoms with Crippen LogP contribution in [0.2, 0.25) is 0 Å². The van der Waals surface area contributed by atoms with Gasteiger partial charge in [-0.1, -0.05) is 0 Å². The molecule has 1 aromatic carbocycles. The lowest BCUT2D eigenvalue weighted by Gasteiger charge is -2.12. The van der Waals surface area contributed by atoms with E-state index >= 15 is 0 Å². The highest BCUT2D eigenvalue weighted by Gasteiger charge is 2.25. The van der Waals surface area contributed by atoms with Gasteiger partial charge in [-0.05, 0) is 19.1 Å². The van der Waals surface area contributed by atoms with E-state index in [1.165, 1.54) is 20.5 Å². The quantitative estimate of drug-likeness (QED) is 0.612. The number of nitrogens with one attached hydrogen (secondary N) is 1. The summed E-state index contributed by atoms with van der Waals surface area (Å²) in [7, 11) is 3.01. The molecule has 2 aromatic rings. The second-order valence-corrected chi connectivity index (χ2v) is 4.26. The lowest BCUT2D eigenvalue weighted by atomic mass is 10.2. The number of rotatable bonds is 7. The molecule has 0 aliphatic heterocycles. The summed E-state index contributed by atoms with van der Waals surface area (Å²) in [6, 6.07) is 5.03. The number of ether oxygens (including phenoxy) is 3. The molecule has 0 unspecified atom stereocenters. The van der Waals surface area contributed by atoms with E-state index in [1.807, 2.05) is 0 Å². The first-order valence-electron chi connectivity index (χ1n) is 6.72. The molecule has 2 rings (SSSR count). The van der Waals surface area contributed by atoms with Gasteiger partial charge in [-0.3, -0.25) is 10.1 Å². The van der Waals surface area contributed by atoms with Crippen molar-refractivity contribution in [2.24, 2.45) is 0 Å². The molecule has 0 radical (unpaired) electrons. The SMILES string of the molecule is CCOc1ncnc(Nc2cc(OC)ccc2OC)c1[N+](=O)[O-]. The fourth-order valence-corrected chi connectivity index (χ4v) is 1.90. The molecule has 0 spiro atoms. The smallest absolute Gasteiger partial charge is 0.373 e. The molecule has 122 valence electrons. The Kier molecular flexibility index (Phi) is 5.13. The number of methoxy groups -OCH3 is 2. The zero-order valence-electron chi connectivity index (χ0n) is 12.9. The van der Waals surface area contributed by atoms with Crippen molar-refractivity contribution in [2.75, 3.05) is 26.1 Å². The molecule has 1 heterocycles. The third-order valence-corrected chi connectivity index (χ3v) is 2.91. The summed E-state index contributed by atoms with van der Waals surface area (Å²) in [4.78, 5) is 18.5. The predicted octanol–water partition coefficient (Wildman–Crippen LogP) is 2.54. The number of hydrogen-bond acceptors (Lipinski definition) is 8. The van der Waals surface area contributed by atoms with Crippen molar-refractivity contribution in [3.8, 4) is 17.4 Å². The Labute approximate surface area is 132 Å². The zero-order valence-corrected chi connectivity index (χ0v) is 12.9. The molecule has 0 atom stereocenters. The largest absolute Gasteiger partial charge is 0.497 e. The van der Waals surface area contributed by atoms with Gasteiger partial charge in [0.2, 0.25) is 5.82 Å². The molecule has 1 aromatic heterocycles. The van der Waals surface area contributed by atoms with E-state index in [-0.39, 0.29) is 24.0 Å². The van der Waals surface area contributed by atoms with Crippen LogP contribution in [0.15, 0.2) is 24.5 Å². The maximum atomic E-state index is 11.3. The van der Waals surface area contributed by atoms with E-state index in [0.717, 1.165) is 0 Å². The lowest BCUT2D eigenvalue weighted by molar-refractivity contribution is -0.385. The van der Waals surface area contributed by atoms with Crippen LogP contribution < -0.4 is 19.5 Å². The van der Waals surface area contributed by atoms with Crippen LogP contribution in [0.4, 0.5) is 17.2 Å². The topological polar surface area (TPSA) is 109 Å². The van der Waals surface area contributed by atoms with Gasteiger partial charge in [0.05, 0.1) is 31.4 Å². The highest BCUT2D eigenvalue weighted by molar-refractivity contribution is 5.73. The number of hydrogen-bond donors (Lipinski definition) is 1. The molecular weight excluding hydrogens is 304 g/mol. The second-order valence-electron chi connectivity index (χ2n) is 4.26. The fraction of sp³-hybridized carbons (Fsp3) is 0.286. The molecule has 23 heavy (non-hydrogen) atoms. The number of anilines is 2. The Morgan fingerprint density at radius 1 is 1.26 bits per heavy atom. The van der Waals surface area contributed by atoms with Gasteiger partial charge < -0.3 is 19.5 Å². The van der Waals surface area contributed by atoms with Crippen LogP contribution in [-0.4, -0.2) is 35.7 Å². The van der Waals surface area contributed by atoms with Crippen molar-refractivity contribution in [1.29, 1.82) is 0 Å². The molecule has 9 nitrogen and oxygen atoms in total. The van der Waals surface area contributed by atoms with Gasteiger partial charge >= 0.3 is 5.69 Å². The van der Waals surface area contributed by atoms with Gasteiger partial charge in [0.15, 0.2) is 0 Å². The summed E-state index contributed by atoms with van der Waals surface area (Å²) in [5, 5.41) is 14.2. The Balaban J connectivity index is 2.47. The summed E-state index contributed by atoms with van der Waals surface area (Å²) in [6.45, 7) is 1.96. The van der Waals surface area contributed by atoms with Gasteiger partial charge in [-0.25, -0.2) is 4.98 Å². The average Bonchev–Trinajstić information content (AvgIpc) is 2.55. The highest BCUT2D eigenvalue weighted by Crippen LogP contribution is 2.36. The van der Waals surface area contributed by atoms with Crippen molar-refractivity contribution in [3.63, 3.8) is 0 Å². The minimum atomic E-state index is -0.597. The van der Waals surface area contributed by atoms with E-state index < -0.39 is 4.92 Å². The molecule has 0 fully saturated rings. The van der Waals surface area contributed by atoms with Gasteiger partial charge in [0, 0.05) is 6.07 Å². The highest BCUT2D eigenvalue weighted by atomic mass is 16.6. The lowest BCUT2D eigenvalue weighted by Crippen LogP contribution is -2.06.